The van der Waals surface area contributed by atoms with Gasteiger partial charge in [-0.15, -0.1) is 0 Å². The van der Waals surface area contributed by atoms with Gasteiger partial charge in [0.1, 0.15) is 0 Å². The SMILES string of the molecule is SN1CCN(Cc2ccccc2)CC1. The van der Waals surface area contributed by atoms with E-state index in [4.69, 9.17) is 0 Å². The molecule has 0 radical (unpaired) electrons. The molecule has 1 aromatic rings. The smallest absolute Gasteiger partial charge is 0.0234 e. The van der Waals surface area contributed by atoms with Crippen molar-refractivity contribution in [2.75, 3.05) is 26.2 Å². The van der Waals surface area contributed by atoms with E-state index >= 15 is 0 Å². The zero-order valence-electron chi connectivity index (χ0n) is 8.26. The molecule has 0 aromatic heterocycles. The topological polar surface area (TPSA) is 6.48 Å². The van der Waals surface area contributed by atoms with E-state index in [1.807, 2.05) is 0 Å². The van der Waals surface area contributed by atoms with Gasteiger partial charge < -0.3 is 0 Å². The van der Waals surface area contributed by atoms with Crippen LogP contribution in [0.25, 0.3) is 0 Å². The van der Waals surface area contributed by atoms with E-state index in [9.17, 15) is 0 Å². The molecule has 1 aromatic carbocycles. The van der Waals surface area contributed by atoms with E-state index in [1.165, 1.54) is 5.56 Å². The third kappa shape index (κ3) is 2.74. The summed E-state index contributed by atoms with van der Waals surface area (Å²) in [5, 5.41) is 0. The summed E-state index contributed by atoms with van der Waals surface area (Å²) in [6.07, 6.45) is 0. The van der Waals surface area contributed by atoms with Gasteiger partial charge in [0, 0.05) is 32.7 Å². The minimum absolute atomic E-state index is 1.07. The van der Waals surface area contributed by atoms with Crippen LogP contribution >= 0.6 is 12.8 Å². The van der Waals surface area contributed by atoms with Crippen molar-refractivity contribution in [3.8, 4) is 0 Å². The van der Waals surface area contributed by atoms with E-state index in [0.717, 1.165) is 32.7 Å². The number of benzene rings is 1. The molecule has 1 heterocycles. The van der Waals surface area contributed by atoms with Crippen LogP contribution in [-0.4, -0.2) is 35.4 Å². The van der Waals surface area contributed by atoms with E-state index < -0.39 is 0 Å². The molecule has 1 aliphatic heterocycles. The molecule has 0 atom stereocenters. The number of nitrogens with zero attached hydrogens (tertiary/aromatic N) is 2. The van der Waals surface area contributed by atoms with Gasteiger partial charge in [-0.2, -0.15) is 0 Å². The normalized spacial score (nSPS) is 19.8. The fraction of sp³-hybridized carbons (Fsp3) is 0.455. The lowest BCUT2D eigenvalue weighted by molar-refractivity contribution is 0.190. The molecule has 1 fully saturated rings. The summed E-state index contributed by atoms with van der Waals surface area (Å²) in [5.74, 6) is 0. The fourth-order valence-corrected chi connectivity index (χ4v) is 1.92. The lowest BCUT2D eigenvalue weighted by Crippen LogP contribution is -2.41. The minimum Gasteiger partial charge on any atom is -0.296 e. The van der Waals surface area contributed by atoms with Gasteiger partial charge >= 0.3 is 0 Å². The van der Waals surface area contributed by atoms with Gasteiger partial charge in [0.2, 0.25) is 0 Å². The Morgan fingerprint density at radius 1 is 1.00 bits per heavy atom. The molecular formula is C11H16N2S. The average molecular weight is 208 g/mol. The molecule has 0 N–H and O–H groups in total. The van der Waals surface area contributed by atoms with Crippen LogP contribution in [0.4, 0.5) is 0 Å². The van der Waals surface area contributed by atoms with E-state index in [-0.39, 0.29) is 0 Å². The Kier molecular flexibility index (Phi) is 3.45. The first kappa shape index (κ1) is 10.0. The molecule has 0 saturated carbocycles. The number of rotatable bonds is 2. The first-order valence-corrected chi connectivity index (χ1v) is 5.45. The van der Waals surface area contributed by atoms with Crippen LogP contribution in [0.2, 0.25) is 0 Å². The lowest BCUT2D eigenvalue weighted by atomic mass is 10.2. The minimum atomic E-state index is 1.07. The van der Waals surface area contributed by atoms with Crippen LogP contribution in [-0.2, 0) is 6.54 Å². The largest absolute Gasteiger partial charge is 0.296 e. The summed E-state index contributed by atoms with van der Waals surface area (Å²) in [5.41, 5.74) is 1.40. The molecule has 14 heavy (non-hydrogen) atoms. The molecular weight excluding hydrogens is 192 g/mol. The third-order valence-corrected chi connectivity index (χ3v) is 3.00. The highest BCUT2D eigenvalue weighted by atomic mass is 32.1. The molecule has 2 rings (SSSR count). The average Bonchev–Trinajstić information content (AvgIpc) is 2.23. The molecule has 1 aliphatic rings. The van der Waals surface area contributed by atoms with E-state index in [2.05, 4.69) is 52.4 Å². The molecule has 0 spiro atoms. The van der Waals surface area contributed by atoms with Crippen LogP contribution in [0.5, 0.6) is 0 Å². The fourth-order valence-electron chi connectivity index (χ4n) is 1.74. The van der Waals surface area contributed by atoms with Crippen molar-refractivity contribution in [2.45, 2.75) is 6.54 Å². The molecule has 0 bridgehead atoms. The van der Waals surface area contributed by atoms with Gasteiger partial charge in [-0.1, -0.05) is 43.1 Å². The molecule has 3 heteroatoms. The highest BCUT2D eigenvalue weighted by molar-refractivity contribution is 7.77. The van der Waals surface area contributed by atoms with Crippen LogP contribution in [0.3, 0.4) is 0 Å². The number of hydrogen-bond donors (Lipinski definition) is 1. The second-order valence-electron chi connectivity index (χ2n) is 3.72. The summed E-state index contributed by atoms with van der Waals surface area (Å²) in [6.45, 7) is 5.45. The number of thiol groups is 1. The maximum Gasteiger partial charge on any atom is 0.0234 e. The lowest BCUT2D eigenvalue weighted by Gasteiger charge is -2.31. The molecule has 2 nitrogen and oxygen atoms in total. The Hall–Kier alpha value is -0.510. The van der Waals surface area contributed by atoms with Gasteiger partial charge in [0.05, 0.1) is 0 Å². The van der Waals surface area contributed by atoms with Gasteiger partial charge in [-0.3, -0.25) is 9.21 Å². The van der Waals surface area contributed by atoms with Crippen molar-refractivity contribution < 1.29 is 0 Å². The molecule has 1 saturated heterocycles. The van der Waals surface area contributed by atoms with Crippen LogP contribution in [0, 0.1) is 0 Å². The maximum absolute atomic E-state index is 4.33. The van der Waals surface area contributed by atoms with Crippen molar-refractivity contribution in [1.29, 1.82) is 0 Å². The second kappa shape index (κ2) is 4.82. The van der Waals surface area contributed by atoms with Crippen molar-refractivity contribution in [3.05, 3.63) is 35.9 Å². The van der Waals surface area contributed by atoms with Crippen LogP contribution in [0.1, 0.15) is 5.56 Å². The Balaban J connectivity index is 1.87. The van der Waals surface area contributed by atoms with Gasteiger partial charge in [0.25, 0.3) is 0 Å². The highest BCUT2D eigenvalue weighted by Gasteiger charge is 2.13. The molecule has 0 unspecified atom stereocenters. The summed E-state index contributed by atoms with van der Waals surface area (Å²) >= 11 is 4.33. The van der Waals surface area contributed by atoms with E-state index in [0.29, 0.717) is 0 Å². The first-order valence-electron chi connectivity index (χ1n) is 5.05. The Morgan fingerprint density at radius 2 is 1.64 bits per heavy atom. The van der Waals surface area contributed by atoms with Crippen molar-refractivity contribution in [3.63, 3.8) is 0 Å². The molecule has 0 amide bonds. The quantitative estimate of drug-likeness (QED) is 0.738. The van der Waals surface area contributed by atoms with Crippen molar-refractivity contribution in [1.82, 2.24) is 9.21 Å². The standard InChI is InChI=1S/C11H16N2S/c14-13-8-6-12(7-9-13)10-11-4-2-1-3-5-11/h1-5,14H,6-10H2. The van der Waals surface area contributed by atoms with Gasteiger partial charge in [-0.05, 0) is 5.56 Å². The Bertz CT molecular complexity index is 268. The molecule has 0 aliphatic carbocycles. The number of hydrogen-bond acceptors (Lipinski definition) is 3. The van der Waals surface area contributed by atoms with Gasteiger partial charge in [-0.25, -0.2) is 0 Å². The number of piperazine rings is 1. The second-order valence-corrected chi connectivity index (χ2v) is 4.28. The van der Waals surface area contributed by atoms with Crippen LogP contribution in [0.15, 0.2) is 30.3 Å². The van der Waals surface area contributed by atoms with Crippen molar-refractivity contribution >= 4 is 12.8 Å². The summed E-state index contributed by atoms with van der Waals surface area (Å²) < 4.78 is 2.08. The summed E-state index contributed by atoms with van der Waals surface area (Å²) in [4.78, 5) is 2.47. The Morgan fingerprint density at radius 3 is 2.29 bits per heavy atom. The third-order valence-electron chi connectivity index (χ3n) is 2.60. The summed E-state index contributed by atoms with van der Waals surface area (Å²) in [7, 11) is 0. The molecule has 76 valence electrons. The monoisotopic (exact) mass is 208 g/mol. The van der Waals surface area contributed by atoms with Crippen LogP contribution < -0.4 is 0 Å². The maximum atomic E-state index is 4.33. The predicted octanol–water partition coefficient (Wildman–Crippen LogP) is 1.65. The van der Waals surface area contributed by atoms with Crippen molar-refractivity contribution in [2.24, 2.45) is 0 Å². The summed E-state index contributed by atoms with van der Waals surface area (Å²) in [6, 6.07) is 10.6. The zero-order valence-corrected chi connectivity index (χ0v) is 9.16. The predicted molar refractivity (Wildman–Crippen MR) is 62.3 cm³/mol. The highest BCUT2D eigenvalue weighted by Crippen LogP contribution is 2.08. The Labute approximate surface area is 91.1 Å². The first-order chi connectivity index (χ1) is 6.84. The van der Waals surface area contributed by atoms with E-state index in [1.54, 1.807) is 0 Å². The van der Waals surface area contributed by atoms with Gasteiger partial charge in [0.15, 0.2) is 0 Å². The zero-order chi connectivity index (χ0) is 9.80.